The smallest absolute Gasteiger partial charge is 0.306 e. The molecule has 0 aliphatic rings. The van der Waals surface area contributed by atoms with Gasteiger partial charge in [0.1, 0.15) is 17.4 Å². The van der Waals surface area contributed by atoms with Crippen molar-refractivity contribution in [1.29, 1.82) is 5.26 Å². The van der Waals surface area contributed by atoms with Crippen LogP contribution in [-0.2, 0) is 14.3 Å². The third-order valence-electron chi connectivity index (χ3n) is 4.41. The van der Waals surface area contributed by atoms with Crippen LogP contribution >= 0.6 is 0 Å². The van der Waals surface area contributed by atoms with E-state index in [2.05, 4.69) is 11.4 Å². The topological polar surface area (TPSA) is 92.3 Å². The second kappa shape index (κ2) is 9.31. The number of carbonyl (C=O) groups excluding carboxylic acids is 2. The minimum Gasteiger partial charge on any atom is -0.456 e. The van der Waals surface area contributed by atoms with E-state index in [1.165, 1.54) is 0 Å². The fourth-order valence-corrected chi connectivity index (χ4v) is 3.09. The standard InChI is InChI=1S/C25H24N2O4/c1-25(2,3)14-21(29)30-16-20(28)27-24-19(15-26)22(17-10-6-4-7-11-17)23(31-24)18-12-8-5-9-13-18/h4-13H,14,16H2,1-3H3,(H,27,28). The molecule has 0 aliphatic heterocycles. The van der Waals surface area contributed by atoms with E-state index in [4.69, 9.17) is 9.15 Å². The molecular weight excluding hydrogens is 392 g/mol. The van der Waals surface area contributed by atoms with Crippen LogP contribution in [0.5, 0.6) is 0 Å². The van der Waals surface area contributed by atoms with E-state index in [0.717, 1.165) is 11.1 Å². The number of esters is 1. The number of hydrogen-bond donors (Lipinski definition) is 1. The van der Waals surface area contributed by atoms with Gasteiger partial charge in [-0.1, -0.05) is 81.4 Å². The lowest BCUT2D eigenvalue weighted by Gasteiger charge is -2.16. The van der Waals surface area contributed by atoms with Crippen LogP contribution in [-0.4, -0.2) is 18.5 Å². The number of hydrogen-bond acceptors (Lipinski definition) is 5. The zero-order chi connectivity index (χ0) is 22.4. The Labute approximate surface area is 181 Å². The number of nitrogens with zero attached hydrogens (tertiary/aromatic N) is 1. The molecule has 0 fully saturated rings. The Hall–Kier alpha value is -3.85. The van der Waals surface area contributed by atoms with E-state index in [0.29, 0.717) is 11.3 Å². The highest BCUT2D eigenvalue weighted by atomic mass is 16.5. The molecule has 31 heavy (non-hydrogen) atoms. The molecule has 1 heterocycles. The zero-order valence-corrected chi connectivity index (χ0v) is 17.8. The predicted molar refractivity (Wildman–Crippen MR) is 118 cm³/mol. The minimum atomic E-state index is -0.577. The number of nitriles is 1. The molecule has 6 nitrogen and oxygen atoms in total. The van der Waals surface area contributed by atoms with Crippen molar-refractivity contribution in [3.8, 4) is 28.5 Å². The van der Waals surface area contributed by atoms with Gasteiger partial charge in [-0.2, -0.15) is 5.26 Å². The Morgan fingerprint density at radius 2 is 1.58 bits per heavy atom. The van der Waals surface area contributed by atoms with Crippen molar-refractivity contribution in [2.45, 2.75) is 27.2 Å². The van der Waals surface area contributed by atoms with Crippen molar-refractivity contribution in [1.82, 2.24) is 0 Å². The lowest BCUT2D eigenvalue weighted by Crippen LogP contribution is -2.23. The van der Waals surface area contributed by atoms with Crippen LogP contribution in [0, 0.1) is 16.7 Å². The van der Waals surface area contributed by atoms with Gasteiger partial charge in [0.25, 0.3) is 5.91 Å². The molecular formula is C25H24N2O4. The van der Waals surface area contributed by atoms with Gasteiger partial charge in [-0.3, -0.25) is 14.9 Å². The van der Waals surface area contributed by atoms with Gasteiger partial charge >= 0.3 is 5.97 Å². The van der Waals surface area contributed by atoms with Crippen LogP contribution in [0.4, 0.5) is 5.88 Å². The highest BCUT2D eigenvalue weighted by molar-refractivity contribution is 5.96. The molecule has 0 bridgehead atoms. The first-order valence-corrected chi connectivity index (χ1v) is 9.91. The molecule has 0 saturated carbocycles. The fraction of sp³-hybridized carbons (Fsp3) is 0.240. The third-order valence-corrected chi connectivity index (χ3v) is 4.41. The number of furan rings is 1. The van der Waals surface area contributed by atoms with Crippen LogP contribution in [0.25, 0.3) is 22.5 Å². The van der Waals surface area contributed by atoms with Crippen LogP contribution in [0.3, 0.4) is 0 Å². The van der Waals surface area contributed by atoms with Gasteiger partial charge in [0.15, 0.2) is 6.61 Å². The Balaban J connectivity index is 1.89. The van der Waals surface area contributed by atoms with Gasteiger partial charge in [-0.25, -0.2) is 0 Å². The summed E-state index contributed by atoms with van der Waals surface area (Å²) < 4.78 is 11.0. The Morgan fingerprint density at radius 3 is 2.13 bits per heavy atom. The molecule has 0 unspecified atom stereocenters. The molecule has 3 aromatic rings. The lowest BCUT2D eigenvalue weighted by atomic mass is 9.92. The summed E-state index contributed by atoms with van der Waals surface area (Å²) in [6.45, 7) is 5.27. The SMILES string of the molecule is CC(C)(C)CC(=O)OCC(=O)Nc1oc(-c2ccccc2)c(-c2ccccc2)c1C#N. The Kier molecular flexibility index (Phi) is 6.56. The molecule has 1 aromatic heterocycles. The van der Waals surface area contributed by atoms with Crippen molar-refractivity contribution in [2.75, 3.05) is 11.9 Å². The quantitative estimate of drug-likeness (QED) is 0.543. The largest absolute Gasteiger partial charge is 0.456 e. The minimum absolute atomic E-state index is 0.0251. The fourth-order valence-electron chi connectivity index (χ4n) is 3.09. The monoisotopic (exact) mass is 416 g/mol. The predicted octanol–water partition coefficient (Wildman–Crippen LogP) is 5.40. The molecule has 6 heteroatoms. The number of benzene rings is 2. The summed E-state index contributed by atoms with van der Waals surface area (Å²) in [5.74, 6) is -0.537. The Morgan fingerprint density at radius 1 is 1.00 bits per heavy atom. The van der Waals surface area contributed by atoms with Crippen molar-refractivity contribution in [3.63, 3.8) is 0 Å². The van der Waals surface area contributed by atoms with Gasteiger partial charge in [-0.05, 0) is 11.0 Å². The maximum atomic E-state index is 12.4. The summed E-state index contributed by atoms with van der Waals surface area (Å²) in [5.41, 5.74) is 2.13. The van der Waals surface area contributed by atoms with Crippen molar-refractivity contribution >= 4 is 17.8 Å². The van der Waals surface area contributed by atoms with Crippen LogP contribution in [0.2, 0.25) is 0 Å². The molecule has 0 atom stereocenters. The first kappa shape index (κ1) is 21.8. The highest BCUT2D eigenvalue weighted by Gasteiger charge is 2.25. The molecule has 3 rings (SSSR count). The normalized spacial score (nSPS) is 10.9. The molecule has 0 saturated heterocycles. The number of ether oxygens (including phenoxy) is 1. The first-order valence-electron chi connectivity index (χ1n) is 9.91. The van der Waals surface area contributed by atoms with Crippen molar-refractivity contribution in [3.05, 3.63) is 66.2 Å². The summed E-state index contributed by atoms with van der Waals surface area (Å²) in [4.78, 5) is 24.3. The third kappa shape index (κ3) is 5.61. The van der Waals surface area contributed by atoms with E-state index in [1.807, 2.05) is 81.4 Å². The van der Waals surface area contributed by atoms with Gasteiger partial charge in [0, 0.05) is 11.1 Å². The van der Waals surface area contributed by atoms with Gasteiger partial charge in [0.2, 0.25) is 5.88 Å². The number of amides is 1. The molecule has 0 aliphatic carbocycles. The van der Waals surface area contributed by atoms with Gasteiger partial charge in [-0.15, -0.1) is 0 Å². The summed E-state index contributed by atoms with van der Waals surface area (Å²) in [7, 11) is 0. The molecule has 1 amide bonds. The number of nitrogens with one attached hydrogen (secondary N) is 1. The second-order valence-electron chi connectivity index (χ2n) is 8.30. The maximum Gasteiger partial charge on any atom is 0.306 e. The average molecular weight is 416 g/mol. The Bertz CT molecular complexity index is 1100. The summed E-state index contributed by atoms with van der Waals surface area (Å²) in [5, 5.41) is 12.4. The lowest BCUT2D eigenvalue weighted by molar-refractivity contribution is -0.149. The summed E-state index contributed by atoms with van der Waals surface area (Å²) in [6, 6.07) is 20.8. The molecule has 0 radical (unpaired) electrons. The van der Waals surface area contributed by atoms with Crippen LogP contribution < -0.4 is 5.32 Å². The first-order chi connectivity index (χ1) is 14.8. The molecule has 0 spiro atoms. The van der Waals surface area contributed by atoms with E-state index in [1.54, 1.807) is 0 Å². The van der Waals surface area contributed by atoms with E-state index >= 15 is 0 Å². The highest BCUT2D eigenvalue weighted by Crippen LogP contribution is 2.41. The van der Waals surface area contributed by atoms with E-state index in [-0.39, 0.29) is 23.3 Å². The van der Waals surface area contributed by atoms with Crippen LogP contribution in [0.1, 0.15) is 32.8 Å². The maximum absolute atomic E-state index is 12.4. The second-order valence-corrected chi connectivity index (χ2v) is 8.30. The van der Waals surface area contributed by atoms with E-state index < -0.39 is 18.5 Å². The van der Waals surface area contributed by atoms with Crippen molar-refractivity contribution < 1.29 is 18.7 Å². The van der Waals surface area contributed by atoms with E-state index in [9.17, 15) is 14.9 Å². The molecule has 158 valence electrons. The van der Waals surface area contributed by atoms with Gasteiger partial charge < -0.3 is 9.15 Å². The van der Waals surface area contributed by atoms with Gasteiger partial charge in [0.05, 0.1) is 6.42 Å². The van der Waals surface area contributed by atoms with Crippen LogP contribution in [0.15, 0.2) is 65.1 Å². The van der Waals surface area contributed by atoms with Crippen molar-refractivity contribution in [2.24, 2.45) is 5.41 Å². The zero-order valence-electron chi connectivity index (χ0n) is 17.8. The summed E-state index contributed by atoms with van der Waals surface area (Å²) in [6.07, 6.45) is 0.195. The molecule has 2 aromatic carbocycles. The number of carbonyl (C=O) groups is 2. The number of rotatable bonds is 6. The molecule has 1 N–H and O–H groups in total. The number of anilines is 1. The summed E-state index contributed by atoms with van der Waals surface area (Å²) >= 11 is 0. The average Bonchev–Trinajstić information content (AvgIpc) is 3.10.